The quantitative estimate of drug-likeness (QED) is 0.566. The van der Waals surface area contributed by atoms with Crippen LogP contribution in [0.15, 0.2) is 48.5 Å². The zero-order valence-electron chi connectivity index (χ0n) is 13.3. The van der Waals surface area contributed by atoms with Gasteiger partial charge in [0.15, 0.2) is 6.29 Å². The van der Waals surface area contributed by atoms with Crippen LogP contribution in [0, 0.1) is 0 Å². The number of para-hydroxylation sites is 1. The first kappa shape index (κ1) is 18.4. The van der Waals surface area contributed by atoms with Crippen LogP contribution in [0.5, 0.6) is 5.75 Å². The van der Waals surface area contributed by atoms with E-state index >= 15 is 0 Å². The molecule has 0 radical (unpaired) electrons. The summed E-state index contributed by atoms with van der Waals surface area (Å²) in [5.41, 5.74) is 0.810. The number of carbonyl (C=O) groups excluding carboxylic acids is 2. The van der Waals surface area contributed by atoms with Gasteiger partial charge in [-0.2, -0.15) is 0 Å². The van der Waals surface area contributed by atoms with Crippen molar-refractivity contribution in [3.8, 4) is 5.75 Å². The van der Waals surface area contributed by atoms with Crippen LogP contribution in [-0.4, -0.2) is 40.3 Å². The number of phenols is 1. The molecule has 0 saturated heterocycles. The molecule has 0 bridgehead atoms. The Morgan fingerprint density at radius 1 is 1.12 bits per heavy atom. The summed E-state index contributed by atoms with van der Waals surface area (Å²) in [7, 11) is 0. The lowest BCUT2D eigenvalue weighted by Gasteiger charge is -2.20. The number of aromatic hydroxyl groups is 1. The predicted octanol–water partition coefficient (Wildman–Crippen LogP) is 1.53. The molecule has 2 rings (SSSR count). The molecule has 7 heteroatoms. The minimum absolute atomic E-state index is 0.000944. The Bertz CT molecular complexity index is 719. The average Bonchev–Trinajstić information content (AvgIpc) is 2.65. The number of aliphatic hydroxyl groups excluding tert-OH is 2. The molecule has 7 nitrogen and oxygen atoms in total. The van der Waals surface area contributed by atoms with Crippen molar-refractivity contribution in [1.82, 2.24) is 5.32 Å². The molecule has 25 heavy (non-hydrogen) atoms. The maximum atomic E-state index is 11.6. The van der Waals surface area contributed by atoms with Gasteiger partial charge < -0.3 is 25.4 Å². The van der Waals surface area contributed by atoms with E-state index in [9.17, 15) is 24.9 Å². The molecule has 2 atom stereocenters. The normalized spacial score (nSPS) is 12.9. The molecular weight excluding hydrogens is 326 g/mol. The third-order valence-electron chi connectivity index (χ3n) is 3.58. The van der Waals surface area contributed by atoms with E-state index in [4.69, 9.17) is 4.74 Å². The number of phenolic OH excluding ortho intramolecular Hbond substituents is 1. The third kappa shape index (κ3) is 5.03. The molecule has 0 heterocycles. The van der Waals surface area contributed by atoms with Crippen molar-refractivity contribution < 1.29 is 29.6 Å². The number of alkyl carbamates (subject to hydrolysis) is 1. The lowest BCUT2D eigenvalue weighted by molar-refractivity contribution is 0.0171. The molecule has 0 aliphatic carbocycles. The summed E-state index contributed by atoms with van der Waals surface area (Å²) in [5, 5.41) is 32.3. The lowest BCUT2D eigenvalue weighted by atomic mass is 10.0. The molecular formula is C18H19NO6. The maximum absolute atomic E-state index is 11.6. The number of ether oxygens (including phenoxy) is 1. The minimum Gasteiger partial charge on any atom is -0.507 e. The standard InChI is InChI=1S/C18H19NO6/c20-10-13-7-4-8-14(16(13)22)17(23)15(21)9-19-18(24)25-11-12-5-2-1-3-6-12/h1-8,10,15,17,21-23H,9,11H2,(H,19,24). The van der Waals surface area contributed by atoms with Crippen molar-refractivity contribution in [2.45, 2.75) is 18.8 Å². The van der Waals surface area contributed by atoms with Crippen molar-refractivity contribution in [2.24, 2.45) is 0 Å². The van der Waals surface area contributed by atoms with E-state index < -0.39 is 24.1 Å². The highest BCUT2D eigenvalue weighted by Crippen LogP contribution is 2.28. The van der Waals surface area contributed by atoms with Gasteiger partial charge in [-0.3, -0.25) is 4.79 Å². The molecule has 1 amide bonds. The third-order valence-corrected chi connectivity index (χ3v) is 3.58. The first-order valence-corrected chi connectivity index (χ1v) is 7.60. The number of aldehydes is 1. The summed E-state index contributed by atoms with van der Waals surface area (Å²) in [6.45, 7) is -0.215. The molecule has 0 spiro atoms. The van der Waals surface area contributed by atoms with Crippen molar-refractivity contribution in [2.75, 3.05) is 6.54 Å². The predicted molar refractivity (Wildman–Crippen MR) is 89.1 cm³/mol. The fraction of sp³-hybridized carbons (Fsp3) is 0.222. The first-order valence-electron chi connectivity index (χ1n) is 7.60. The summed E-state index contributed by atoms with van der Waals surface area (Å²) >= 11 is 0. The van der Waals surface area contributed by atoms with Gasteiger partial charge >= 0.3 is 6.09 Å². The highest BCUT2D eigenvalue weighted by molar-refractivity contribution is 5.80. The Labute approximate surface area is 144 Å². The number of carbonyl (C=O) groups is 2. The van der Waals surface area contributed by atoms with Gasteiger partial charge in [-0.25, -0.2) is 4.79 Å². The Kier molecular flexibility index (Phi) is 6.50. The molecule has 0 aromatic heterocycles. The van der Waals surface area contributed by atoms with Crippen molar-refractivity contribution in [3.05, 3.63) is 65.2 Å². The Hall–Kier alpha value is -2.90. The van der Waals surface area contributed by atoms with Gasteiger partial charge in [-0.05, 0) is 11.6 Å². The second kappa shape index (κ2) is 8.81. The van der Waals surface area contributed by atoms with E-state index in [1.807, 2.05) is 18.2 Å². The molecule has 4 N–H and O–H groups in total. The number of hydrogen-bond donors (Lipinski definition) is 4. The second-order valence-corrected chi connectivity index (χ2v) is 5.36. The first-order chi connectivity index (χ1) is 12.0. The van der Waals surface area contributed by atoms with Crippen molar-refractivity contribution in [1.29, 1.82) is 0 Å². The summed E-state index contributed by atoms with van der Waals surface area (Å²) in [5.74, 6) is -0.407. The van der Waals surface area contributed by atoms with Crippen LogP contribution in [-0.2, 0) is 11.3 Å². The van der Waals surface area contributed by atoms with Crippen LogP contribution in [0.1, 0.15) is 27.6 Å². The van der Waals surface area contributed by atoms with Crippen LogP contribution >= 0.6 is 0 Å². The average molecular weight is 345 g/mol. The summed E-state index contributed by atoms with van der Waals surface area (Å²) < 4.78 is 4.99. The second-order valence-electron chi connectivity index (χ2n) is 5.36. The molecule has 132 valence electrons. The number of aliphatic hydroxyl groups is 2. The van der Waals surface area contributed by atoms with Gasteiger partial charge in [0.2, 0.25) is 0 Å². The zero-order chi connectivity index (χ0) is 18.2. The lowest BCUT2D eigenvalue weighted by Crippen LogP contribution is -2.35. The number of rotatable bonds is 7. The molecule has 2 unspecified atom stereocenters. The number of benzene rings is 2. The van der Waals surface area contributed by atoms with Crippen molar-refractivity contribution >= 4 is 12.4 Å². The van der Waals surface area contributed by atoms with Gasteiger partial charge in [0.05, 0.1) is 5.56 Å². The molecule has 0 saturated carbocycles. The van der Waals surface area contributed by atoms with E-state index in [-0.39, 0.29) is 24.3 Å². The minimum atomic E-state index is -1.48. The SMILES string of the molecule is O=Cc1cccc(C(O)C(O)CNC(=O)OCc2ccccc2)c1O. The van der Waals surface area contributed by atoms with Gasteiger partial charge in [-0.1, -0.05) is 42.5 Å². The molecule has 2 aromatic rings. The fourth-order valence-corrected chi connectivity index (χ4v) is 2.19. The topological polar surface area (TPSA) is 116 Å². The molecule has 0 aliphatic rings. The fourth-order valence-electron chi connectivity index (χ4n) is 2.19. The highest BCUT2D eigenvalue weighted by atomic mass is 16.5. The highest BCUT2D eigenvalue weighted by Gasteiger charge is 2.23. The summed E-state index contributed by atoms with van der Waals surface area (Å²) in [6, 6.07) is 13.3. The molecule has 2 aromatic carbocycles. The van der Waals surface area contributed by atoms with E-state index in [0.29, 0.717) is 6.29 Å². The van der Waals surface area contributed by atoms with Crippen LogP contribution < -0.4 is 5.32 Å². The van der Waals surface area contributed by atoms with E-state index in [1.54, 1.807) is 12.1 Å². The summed E-state index contributed by atoms with van der Waals surface area (Å²) in [6.07, 6.45) is -3.18. The number of amides is 1. The van der Waals surface area contributed by atoms with E-state index in [0.717, 1.165) is 5.56 Å². The molecule has 0 aliphatic heterocycles. The number of nitrogens with one attached hydrogen (secondary N) is 1. The van der Waals surface area contributed by atoms with E-state index in [1.165, 1.54) is 18.2 Å². The van der Waals surface area contributed by atoms with Gasteiger partial charge in [0.1, 0.15) is 24.6 Å². The Balaban J connectivity index is 1.86. The number of hydrogen-bond acceptors (Lipinski definition) is 6. The van der Waals surface area contributed by atoms with Crippen LogP contribution in [0.2, 0.25) is 0 Å². The molecule has 0 fully saturated rings. The smallest absolute Gasteiger partial charge is 0.407 e. The zero-order valence-corrected chi connectivity index (χ0v) is 13.3. The summed E-state index contributed by atoms with van der Waals surface area (Å²) in [4.78, 5) is 22.4. The van der Waals surface area contributed by atoms with E-state index in [2.05, 4.69) is 5.32 Å². The van der Waals surface area contributed by atoms with Crippen LogP contribution in [0.25, 0.3) is 0 Å². The largest absolute Gasteiger partial charge is 0.507 e. The Morgan fingerprint density at radius 2 is 1.84 bits per heavy atom. The van der Waals surface area contributed by atoms with Gasteiger partial charge in [0.25, 0.3) is 0 Å². The Morgan fingerprint density at radius 3 is 2.52 bits per heavy atom. The monoisotopic (exact) mass is 345 g/mol. The van der Waals surface area contributed by atoms with Crippen LogP contribution in [0.4, 0.5) is 4.79 Å². The van der Waals surface area contributed by atoms with Crippen LogP contribution in [0.3, 0.4) is 0 Å². The van der Waals surface area contributed by atoms with Gasteiger partial charge in [-0.15, -0.1) is 0 Å². The van der Waals surface area contributed by atoms with Gasteiger partial charge in [0, 0.05) is 12.1 Å². The van der Waals surface area contributed by atoms with Crippen molar-refractivity contribution in [3.63, 3.8) is 0 Å². The maximum Gasteiger partial charge on any atom is 0.407 e.